The van der Waals surface area contributed by atoms with Gasteiger partial charge >= 0.3 is 0 Å². The van der Waals surface area contributed by atoms with E-state index in [1.54, 1.807) is 36.4 Å². The molecular formula is C21H20ClN3O2. The van der Waals surface area contributed by atoms with Gasteiger partial charge in [-0.05, 0) is 43.2 Å². The topological polar surface area (TPSA) is 64.0 Å². The first-order chi connectivity index (χ1) is 13.1. The highest BCUT2D eigenvalue weighted by Crippen LogP contribution is 2.31. The fourth-order valence-electron chi connectivity index (χ4n) is 3.69. The van der Waals surface area contributed by atoms with Gasteiger partial charge in [-0.25, -0.2) is 9.66 Å². The number of para-hydroxylation sites is 1. The molecule has 4 rings (SSSR count). The Morgan fingerprint density at radius 1 is 1.07 bits per heavy atom. The molecule has 1 N–H and O–H groups in total. The standard InChI is InChI=1S/C21H20ClN3O2/c22-16-10-6-9-15(13-16)20(26)24-25-19(14-7-2-1-3-8-14)23-18-12-5-4-11-17(18)21(25)27/h4-6,9-14H,1-3,7-8H2,(H,24,26). The van der Waals surface area contributed by atoms with Crippen molar-refractivity contribution in [2.45, 2.75) is 38.0 Å². The molecule has 1 aromatic heterocycles. The maximum absolute atomic E-state index is 13.1. The molecule has 5 nitrogen and oxygen atoms in total. The normalized spacial score (nSPS) is 15.0. The number of hydrogen-bond donors (Lipinski definition) is 1. The summed E-state index contributed by atoms with van der Waals surface area (Å²) < 4.78 is 1.33. The van der Waals surface area contributed by atoms with Crippen LogP contribution in [0.2, 0.25) is 5.02 Å². The van der Waals surface area contributed by atoms with Gasteiger partial charge < -0.3 is 0 Å². The summed E-state index contributed by atoms with van der Waals surface area (Å²) in [5.74, 6) is 0.415. The number of carbonyl (C=O) groups excluding carboxylic acids is 1. The molecule has 0 saturated heterocycles. The van der Waals surface area contributed by atoms with Crippen LogP contribution in [0.15, 0.2) is 53.3 Å². The van der Waals surface area contributed by atoms with E-state index >= 15 is 0 Å². The molecule has 0 unspecified atom stereocenters. The monoisotopic (exact) mass is 381 g/mol. The number of fused-ring (bicyclic) bond motifs is 1. The lowest BCUT2D eigenvalue weighted by Crippen LogP contribution is -2.37. The summed E-state index contributed by atoms with van der Waals surface area (Å²) in [6.07, 6.45) is 5.35. The van der Waals surface area contributed by atoms with E-state index in [-0.39, 0.29) is 17.4 Å². The van der Waals surface area contributed by atoms with Crippen molar-refractivity contribution in [1.82, 2.24) is 9.66 Å². The molecule has 1 saturated carbocycles. The van der Waals surface area contributed by atoms with Crippen LogP contribution in [0.4, 0.5) is 0 Å². The minimum Gasteiger partial charge on any atom is -0.267 e. The molecule has 1 aliphatic carbocycles. The zero-order valence-corrected chi connectivity index (χ0v) is 15.6. The average molecular weight is 382 g/mol. The highest BCUT2D eigenvalue weighted by Gasteiger charge is 2.23. The quantitative estimate of drug-likeness (QED) is 0.727. The Kier molecular flexibility index (Phi) is 4.94. The zero-order chi connectivity index (χ0) is 18.8. The highest BCUT2D eigenvalue weighted by molar-refractivity contribution is 6.31. The largest absolute Gasteiger partial charge is 0.280 e. The Morgan fingerprint density at radius 2 is 1.85 bits per heavy atom. The minimum absolute atomic E-state index is 0.163. The molecule has 0 bridgehead atoms. The second-order valence-electron chi connectivity index (χ2n) is 6.91. The number of hydrogen-bond acceptors (Lipinski definition) is 3. The van der Waals surface area contributed by atoms with Crippen LogP contribution in [0.5, 0.6) is 0 Å². The van der Waals surface area contributed by atoms with E-state index in [1.165, 1.54) is 11.1 Å². The molecule has 3 aromatic rings. The van der Waals surface area contributed by atoms with E-state index in [2.05, 4.69) is 5.43 Å². The molecular weight excluding hydrogens is 362 g/mol. The van der Waals surface area contributed by atoms with Crippen molar-refractivity contribution in [2.24, 2.45) is 0 Å². The number of amides is 1. The summed E-state index contributed by atoms with van der Waals surface area (Å²) in [5.41, 5.74) is 3.57. The van der Waals surface area contributed by atoms with Gasteiger partial charge in [0, 0.05) is 16.5 Å². The van der Waals surface area contributed by atoms with Gasteiger partial charge in [-0.2, -0.15) is 0 Å². The SMILES string of the molecule is O=C(Nn1c(C2CCCCC2)nc2ccccc2c1=O)c1cccc(Cl)c1. The Hall–Kier alpha value is -2.66. The summed E-state index contributed by atoms with van der Waals surface area (Å²) in [6, 6.07) is 13.9. The lowest BCUT2D eigenvalue weighted by molar-refractivity contribution is 0.101. The Labute approximate surface area is 162 Å². The van der Waals surface area contributed by atoms with Crippen molar-refractivity contribution in [2.75, 3.05) is 5.43 Å². The molecule has 138 valence electrons. The van der Waals surface area contributed by atoms with E-state index in [4.69, 9.17) is 16.6 Å². The summed E-state index contributed by atoms with van der Waals surface area (Å²) >= 11 is 5.99. The van der Waals surface area contributed by atoms with E-state index in [9.17, 15) is 9.59 Å². The fraction of sp³-hybridized carbons (Fsp3) is 0.286. The molecule has 0 radical (unpaired) electrons. The number of nitrogens with one attached hydrogen (secondary N) is 1. The van der Waals surface area contributed by atoms with Gasteiger partial charge in [0.05, 0.1) is 10.9 Å². The fourth-order valence-corrected chi connectivity index (χ4v) is 3.88. The average Bonchev–Trinajstić information content (AvgIpc) is 2.70. The van der Waals surface area contributed by atoms with Crippen LogP contribution in [0.1, 0.15) is 54.2 Å². The second kappa shape index (κ2) is 7.53. The van der Waals surface area contributed by atoms with Gasteiger partial charge in [-0.15, -0.1) is 0 Å². The number of halogens is 1. The lowest BCUT2D eigenvalue weighted by atomic mass is 9.88. The van der Waals surface area contributed by atoms with Gasteiger partial charge in [0.1, 0.15) is 5.82 Å². The molecule has 1 aliphatic rings. The maximum atomic E-state index is 13.1. The van der Waals surface area contributed by atoms with Gasteiger partial charge in [0.15, 0.2) is 0 Å². The first-order valence-corrected chi connectivity index (χ1v) is 9.60. The van der Waals surface area contributed by atoms with Gasteiger partial charge in [-0.1, -0.05) is 49.1 Å². The first-order valence-electron chi connectivity index (χ1n) is 9.22. The van der Waals surface area contributed by atoms with Gasteiger partial charge in [-0.3, -0.25) is 15.0 Å². The third kappa shape index (κ3) is 3.60. The Balaban J connectivity index is 1.80. The van der Waals surface area contributed by atoms with Gasteiger partial charge in [0.2, 0.25) is 0 Å². The van der Waals surface area contributed by atoms with Crippen LogP contribution in [0.25, 0.3) is 10.9 Å². The number of aromatic nitrogens is 2. The third-order valence-electron chi connectivity index (χ3n) is 5.07. The van der Waals surface area contributed by atoms with Crippen LogP contribution >= 0.6 is 11.6 Å². The summed E-state index contributed by atoms with van der Waals surface area (Å²) in [7, 11) is 0. The molecule has 6 heteroatoms. The predicted octanol–water partition coefficient (Wildman–Crippen LogP) is 4.48. The van der Waals surface area contributed by atoms with E-state index < -0.39 is 0 Å². The van der Waals surface area contributed by atoms with Crippen molar-refractivity contribution in [3.8, 4) is 0 Å². The zero-order valence-electron chi connectivity index (χ0n) is 14.8. The van der Waals surface area contributed by atoms with Crippen LogP contribution < -0.4 is 11.0 Å². The summed E-state index contributed by atoms with van der Waals surface area (Å²) in [4.78, 5) is 30.6. The van der Waals surface area contributed by atoms with Crippen LogP contribution in [0.3, 0.4) is 0 Å². The van der Waals surface area contributed by atoms with E-state index in [0.717, 1.165) is 25.7 Å². The lowest BCUT2D eigenvalue weighted by Gasteiger charge is -2.24. The molecule has 0 aliphatic heterocycles. The van der Waals surface area contributed by atoms with Crippen LogP contribution in [-0.4, -0.2) is 15.6 Å². The van der Waals surface area contributed by atoms with Crippen molar-refractivity contribution in [1.29, 1.82) is 0 Å². The number of carbonyl (C=O) groups is 1. The smallest absolute Gasteiger partial charge is 0.267 e. The molecule has 0 atom stereocenters. The van der Waals surface area contributed by atoms with Crippen LogP contribution in [0, 0.1) is 0 Å². The molecule has 2 aromatic carbocycles. The van der Waals surface area contributed by atoms with Crippen molar-refractivity contribution >= 4 is 28.4 Å². The predicted molar refractivity (Wildman–Crippen MR) is 107 cm³/mol. The maximum Gasteiger partial charge on any atom is 0.280 e. The summed E-state index contributed by atoms with van der Waals surface area (Å²) in [6.45, 7) is 0. The van der Waals surface area contributed by atoms with Crippen molar-refractivity contribution in [3.05, 3.63) is 75.3 Å². The molecule has 1 amide bonds. The Morgan fingerprint density at radius 3 is 2.63 bits per heavy atom. The highest BCUT2D eigenvalue weighted by atomic mass is 35.5. The minimum atomic E-state index is -0.381. The van der Waals surface area contributed by atoms with Gasteiger partial charge in [0.25, 0.3) is 11.5 Å². The molecule has 1 fully saturated rings. The number of benzene rings is 2. The first kappa shape index (κ1) is 17.7. The van der Waals surface area contributed by atoms with Crippen LogP contribution in [-0.2, 0) is 0 Å². The van der Waals surface area contributed by atoms with Crippen molar-refractivity contribution in [3.63, 3.8) is 0 Å². The van der Waals surface area contributed by atoms with Crippen molar-refractivity contribution < 1.29 is 4.79 Å². The Bertz CT molecular complexity index is 1050. The number of nitrogens with zero attached hydrogens (tertiary/aromatic N) is 2. The summed E-state index contributed by atoms with van der Waals surface area (Å²) in [5, 5.41) is 0.961. The number of rotatable bonds is 3. The van der Waals surface area contributed by atoms with E-state index in [1.807, 2.05) is 12.1 Å². The van der Waals surface area contributed by atoms with E-state index in [0.29, 0.717) is 27.3 Å². The second-order valence-corrected chi connectivity index (χ2v) is 7.35. The molecule has 27 heavy (non-hydrogen) atoms. The molecule has 1 heterocycles. The molecule has 0 spiro atoms. The third-order valence-corrected chi connectivity index (χ3v) is 5.31.